The van der Waals surface area contributed by atoms with E-state index in [0.29, 0.717) is 18.2 Å². The molecule has 4 heteroatoms. The Bertz CT molecular complexity index is 436. The van der Waals surface area contributed by atoms with Crippen LogP contribution in [0, 0.1) is 11.7 Å². The number of ether oxygens (including phenoxy) is 1. The summed E-state index contributed by atoms with van der Waals surface area (Å²) in [4.78, 5) is 0. The van der Waals surface area contributed by atoms with Gasteiger partial charge in [0.25, 0.3) is 0 Å². The maximum absolute atomic E-state index is 13.6. The molecule has 0 heterocycles. The summed E-state index contributed by atoms with van der Waals surface area (Å²) in [5, 5.41) is 13.0. The Morgan fingerprint density at radius 3 is 2.80 bits per heavy atom. The van der Waals surface area contributed by atoms with E-state index in [1.54, 1.807) is 0 Å². The second-order valence-corrected chi connectivity index (χ2v) is 5.97. The largest absolute Gasteiger partial charge is 0.488 e. The Morgan fingerprint density at radius 1 is 1.35 bits per heavy atom. The highest BCUT2D eigenvalue weighted by molar-refractivity contribution is 5.30. The molecule has 2 rings (SSSR count). The van der Waals surface area contributed by atoms with Crippen LogP contribution in [0.5, 0.6) is 5.75 Å². The van der Waals surface area contributed by atoms with Crippen LogP contribution in [0.1, 0.15) is 38.7 Å². The minimum absolute atomic E-state index is 0.201. The summed E-state index contributed by atoms with van der Waals surface area (Å²) in [5.74, 6) is 0.779. The molecule has 0 aromatic heterocycles. The van der Waals surface area contributed by atoms with Crippen molar-refractivity contribution in [2.45, 2.75) is 51.9 Å². The minimum Gasteiger partial charge on any atom is -0.488 e. The maximum Gasteiger partial charge on any atom is 0.127 e. The Morgan fingerprint density at radius 2 is 2.15 bits per heavy atom. The second-order valence-electron chi connectivity index (χ2n) is 5.97. The summed E-state index contributed by atoms with van der Waals surface area (Å²) in [6.07, 6.45) is 1.93. The van der Waals surface area contributed by atoms with Crippen molar-refractivity contribution >= 4 is 0 Å². The smallest absolute Gasteiger partial charge is 0.127 e. The molecule has 1 aromatic rings. The Labute approximate surface area is 120 Å². The van der Waals surface area contributed by atoms with Crippen molar-refractivity contribution in [2.75, 3.05) is 6.54 Å². The topological polar surface area (TPSA) is 41.5 Å². The highest BCUT2D eigenvalue weighted by Gasteiger charge is 2.27. The van der Waals surface area contributed by atoms with Gasteiger partial charge in [0, 0.05) is 12.6 Å². The molecule has 1 aliphatic rings. The normalized spacial score (nSPS) is 22.4. The van der Waals surface area contributed by atoms with Crippen molar-refractivity contribution in [1.82, 2.24) is 5.32 Å². The van der Waals surface area contributed by atoms with Gasteiger partial charge in [-0.3, -0.25) is 0 Å². The van der Waals surface area contributed by atoms with Crippen LogP contribution < -0.4 is 10.1 Å². The van der Waals surface area contributed by atoms with E-state index in [9.17, 15) is 9.50 Å². The molecule has 2 atom stereocenters. The lowest BCUT2D eigenvalue weighted by Gasteiger charge is -2.18. The molecular weight excluding hydrogens is 257 g/mol. The zero-order valence-electron chi connectivity index (χ0n) is 12.2. The van der Waals surface area contributed by atoms with Crippen molar-refractivity contribution in [3.63, 3.8) is 0 Å². The van der Waals surface area contributed by atoms with E-state index >= 15 is 0 Å². The minimum atomic E-state index is -0.430. The van der Waals surface area contributed by atoms with Crippen LogP contribution in [0.15, 0.2) is 18.2 Å². The number of benzene rings is 1. The molecule has 1 aromatic carbocycles. The van der Waals surface area contributed by atoms with E-state index in [0.717, 1.165) is 31.4 Å². The van der Waals surface area contributed by atoms with Gasteiger partial charge in [0.15, 0.2) is 0 Å². The highest BCUT2D eigenvalue weighted by Crippen LogP contribution is 2.26. The predicted octanol–water partition coefficient (Wildman–Crippen LogP) is 2.86. The predicted molar refractivity (Wildman–Crippen MR) is 77.2 cm³/mol. The molecule has 2 unspecified atom stereocenters. The fourth-order valence-electron chi connectivity index (χ4n) is 2.51. The zero-order chi connectivity index (χ0) is 14.5. The van der Waals surface area contributed by atoms with E-state index in [-0.39, 0.29) is 11.9 Å². The fraction of sp³-hybridized carbons (Fsp3) is 0.625. The number of aliphatic hydroxyl groups is 1. The van der Waals surface area contributed by atoms with Gasteiger partial charge < -0.3 is 15.2 Å². The van der Waals surface area contributed by atoms with Gasteiger partial charge in [-0.25, -0.2) is 4.39 Å². The van der Waals surface area contributed by atoms with Crippen molar-refractivity contribution < 1.29 is 14.2 Å². The van der Waals surface area contributed by atoms with E-state index in [1.165, 1.54) is 12.1 Å². The molecule has 0 spiro atoms. The fourth-order valence-corrected chi connectivity index (χ4v) is 2.51. The molecule has 0 aliphatic heterocycles. The second kappa shape index (κ2) is 7.04. The number of aliphatic hydroxyl groups excluding tert-OH is 1. The van der Waals surface area contributed by atoms with Crippen molar-refractivity contribution in [3.05, 3.63) is 29.6 Å². The van der Waals surface area contributed by atoms with Crippen LogP contribution in [-0.4, -0.2) is 23.9 Å². The van der Waals surface area contributed by atoms with Crippen LogP contribution in [0.3, 0.4) is 0 Å². The lowest BCUT2D eigenvalue weighted by Crippen LogP contribution is -2.25. The van der Waals surface area contributed by atoms with Gasteiger partial charge in [-0.15, -0.1) is 0 Å². The standard InChI is InChI=1S/C16H24FNO2/c1-11(2)9-18-10-12-6-13(17)8-14(7-12)20-16-5-3-4-15(16)19/h6-8,11,15-16,18-19H,3-5,9-10H2,1-2H3. The van der Waals surface area contributed by atoms with Gasteiger partial charge >= 0.3 is 0 Å². The van der Waals surface area contributed by atoms with Gasteiger partial charge in [-0.1, -0.05) is 13.8 Å². The molecule has 1 aliphatic carbocycles. The first-order valence-corrected chi connectivity index (χ1v) is 7.39. The molecule has 1 fully saturated rings. The molecule has 0 saturated heterocycles. The van der Waals surface area contributed by atoms with Crippen LogP contribution >= 0.6 is 0 Å². The van der Waals surface area contributed by atoms with Crippen LogP contribution in [-0.2, 0) is 6.54 Å². The van der Waals surface area contributed by atoms with Crippen LogP contribution in [0.4, 0.5) is 4.39 Å². The van der Waals surface area contributed by atoms with E-state index in [2.05, 4.69) is 19.2 Å². The molecule has 0 radical (unpaired) electrons. The Balaban J connectivity index is 1.97. The summed E-state index contributed by atoms with van der Waals surface area (Å²) in [6.45, 7) is 5.79. The van der Waals surface area contributed by atoms with Gasteiger partial charge in [0.05, 0.1) is 6.10 Å². The van der Waals surface area contributed by atoms with Crippen LogP contribution in [0.2, 0.25) is 0 Å². The molecule has 20 heavy (non-hydrogen) atoms. The highest BCUT2D eigenvalue weighted by atomic mass is 19.1. The molecule has 112 valence electrons. The van der Waals surface area contributed by atoms with Gasteiger partial charge in [0.2, 0.25) is 0 Å². The third kappa shape index (κ3) is 4.46. The summed E-state index contributed by atoms with van der Waals surface area (Å²) in [7, 11) is 0. The summed E-state index contributed by atoms with van der Waals surface area (Å²) in [5.41, 5.74) is 0.869. The monoisotopic (exact) mass is 281 g/mol. The lowest BCUT2D eigenvalue weighted by atomic mass is 10.1. The first kappa shape index (κ1) is 15.3. The Hall–Kier alpha value is -1.13. The number of hydrogen-bond acceptors (Lipinski definition) is 3. The zero-order valence-corrected chi connectivity index (χ0v) is 12.2. The molecular formula is C16H24FNO2. The molecule has 3 nitrogen and oxygen atoms in total. The van der Waals surface area contributed by atoms with E-state index < -0.39 is 6.10 Å². The molecule has 0 bridgehead atoms. The van der Waals surface area contributed by atoms with Gasteiger partial charge in [0.1, 0.15) is 17.7 Å². The molecule has 0 amide bonds. The molecule has 2 N–H and O–H groups in total. The number of halogens is 1. The number of nitrogens with one attached hydrogen (secondary N) is 1. The van der Waals surface area contributed by atoms with E-state index in [1.807, 2.05) is 6.07 Å². The van der Waals surface area contributed by atoms with Gasteiger partial charge in [-0.2, -0.15) is 0 Å². The molecule has 1 saturated carbocycles. The van der Waals surface area contributed by atoms with E-state index in [4.69, 9.17) is 4.74 Å². The average molecular weight is 281 g/mol. The summed E-state index contributed by atoms with van der Waals surface area (Å²) < 4.78 is 19.3. The average Bonchev–Trinajstić information content (AvgIpc) is 2.74. The SMILES string of the molecule is CC(C)CNCc1cc(F)cc(OC2CCCC2O)c1. The van der Waals surface area contributed by atoms with Crippen LogP contribution in [0.25, 0.3) is 0 Å². The van der Waals surface area contributed by atoms with Crippen molar-refractivity contribution in [3.8, 4) is 5.75 Å². The third-order valence-electron chi connectivity index (χ3n) is 3.52. The number of rotatable bonds is 6. The number of hydrogen-bond donors (Lipinski definition) is 2. The third-order valence-corrected chi connectivity index (χ3v) is 3.52. The van der Waals surface area contributed by atoms with Crippen molar-refractivity contribution in [2.24, 2.45) is 5.92 Å². The lowest BCUT2D eigenvalue weighted by molar-refractivity contribution is 0.0601. The maximum atomic E-state index is 13.6. The first-order chi connectivity index (χ1) is 9.54. The quantitative estimate of drug-likeness (QED) is 0.842. The summed E-state index contributed by atoms with van der Waals surface area (Å²) in [6, 6.07) is 4.75. The first-order valence-electron chi connectivity index (χ1n) is 7.39. The Kier molecular flexibility index (Phi) is 5.38. The summed E-state index contributed by atoms with van der Waals surface area (Å²) >= 11 is 0. The van der Waals surface area contributed by atoms with Crippen molar-refractivity contribution in [1.29, 1.82) is 0 Å². The van der Waals surface area contributed by atoms with Gasteiger partial charge in [-0.05, 0) is 49.4 Å².